The van der Waals surface area contributed by atoms with E-state index in [2.05, 4.69) is 34.1 Å². The molecule has 0 saturated heterocycles. The van der Waals surface area contributed by atoms with E-state index < -0.39 is 38.0 Å². The normalized spacial score (nSPS) is 13.5. The first kappa shape index (κ1) is 45.1. The Kier molecular flexibility index (Phi) is 19.9. The average Bonchev–Trinajstić information content (AvgIpc) is 3.09. The fourth-order valence-corrected chi connectivity index (χ4v) is 7.83. The van der Waals surface area contributed by atoms with Gasteiger partial charge in [0, 0.05) is 53.4 Å². The molecule has 0 radical (unpaired) electrons. The average molecular weight is 805 g/mol. The number of ether oxygens (including phenoxy) is 2. The van der Waals surface area contributed by atoms with Gasteiger partial charge in [-0.05, 0) is 66.4 Å². The number of benzene rings is 2. The van der Waals surface area contributed by atoms with Crippen LogP contribution in [-0.2, 0) is 48.9 Å². The van der Waals surface area contributed by atoms with Crippen molar-refractivity contribution in [1.29, 1.82) is 0 Å². The van der Waals surface area contributed by atoms with Crippen LogP contribution in [0.2, 0.25) is 0 Å². The molecule has 0 saturated carbocycles. The topological polar surface area (TPSA) is 198 Å². The van der Waals surface area contributed by atoms with Gasteiger partial charge in [0.2, 0.25) is 11.8 Å². The summed E-state index contributed by atoms with van der Waals surface area (Å²) in [6.45, 7) is 4.31. The van der Waals surface area contributed by atoms with Crippen LogP contribution in [0.15, 0.2) is 36.4 Å². The summed E-state index contributed by atoms with van der Waals surface area (Å²) in [4.78, 5) is 26.6. The molecule has 0 bridgehead atoms. The molecule has 0 spiro atoms. The van der Waals surface area contributed by atoms with Gasteiger partial charge < -0.3 is 28.8 Å². The number of primary amides is 1. The van der Waals surface area contributed by atoms with E-state index in [1.807, 2.05) is 0 Å². The van der Waals surface area contributed by atoms with Crippen LogP contribution in [0, 0.1) is 23.7 Å². The van der Waals surface area contributed by atoms with E-state index in [0.717, 1.165) is 26.3 Å². The van der Waals surface area contributed by atoms with Gasteiger partial charge in [-0.25, -0.2) is 0 Å². The molecular formula is C34H48N2O12S4. The smallest absolute Gasteiger partial charge is 0.267 e. The molecule has 1 aliphatic heterocycles. The summed E-state index contributed by atoms with van der Waals surface area (Å²) >= 11 is 1.59. The molecule has 2 amide bonds. The Labute approximate surface area is 316 Å². The molecule has 52 heavy (non-hydrogen) atoms. The number of hydrogen-bond acceptors (Lipinski definition) is 14. The summed E-state index contributed by atoms with van der Waals surface area (Å²) in [7, 11) is -3.92. The second-order valence-electron chi connectivity index (χ2n) is 11.6. The summed E-state index contributed by atoms with van der Waals surface area (Å²) < 4.78 is 83.7. The lowest BCUT2D eigenvalue weighted by molar-refractivity contribution is -0.119. The molecule has 290 valence electrons. The molecule has 2 aromatic carbocycles. The summed E-state index contributed by atoms with van der Waals surface area (Å²) in [5.74, 6) is 4.93. The maximum atomic E-state index is 13.7. The quantitative estimate of drug-likeness (QED) is 0.102. The Balaban J connectivity index is 0.00000301. The number of rotatable bonds is 21. The highest BCUT2D eigenvalue weighted by Gasteiger charge is 2.25. The van der Waals surface area contributed by atoms with Crippen LogP contribution < -0.4 is 20.1 Å². The van der Waals surface area contributed by atoms with Crippen LogP contribution in [0.5, 0.6) is 11.5 Å². The van der Waals surface area contributed by atoms with Crippen molar-refractivity contribution in [3.63, 3.8) is 0 Å². The van der Waals surface area contributed by atoms with Crippen molar-refractivity contribution >= 4 is 61.8 Å². The van der Waals surface area contributed by atoms with Gasteiger partial charge in [-0.3, -0.25) is 18.0 Å². The highest BCUT2D eigenvalue weighted by atomic mass is 32.2. The van der Waals surface area contributed by atoms with Crippen molar-refractivity contribution in [2.75, 3.05) is 62.5 Å². The van der Waals surface area contributed by atoms with Gasteiger partial charge in [-0.15, -0.1) is 0 Å². The Bertz CT molecular complexity index is 1740. The van der Waals surface area contributed by atoms with Gasteiger partial charge in [0.05, 0.1) is 58.3 Å². The summed E-state index contributed by atoms with van der Waals surface area (Å²) in [5.41, 5.74) is 7.57. The van der Waals surface area contributed by atoms with Gasteiger partial charge in [0.1, 0.15) is 11.5 Å². The molecular weight excluding hydrogens is 757 g/mol. The number of anilines is 1. The molecule has 18 heteroatoms. The zero-order chi connectivity index (χ0) is 38.7. The van der Waals surface area contributed by atoms with E-state index in [1.54, 1.807) is 36.4 Å². The number of hydrogen-bond donors (Lipinski definition) is 2. The molecule has 0 aromatic heterocycles. The molecule has 2 aromatic rings. The third kappa shape index (κ3) is 15.9. The van der Waals surface area contributed by atoms with E-state index in [4.69, 9.17) is 19.4 Å². The SMILES string of the molecule is CCC.COSCC(COc1ccc2c(c1)CN(C(=O)CCCC(N)=O)c1cc(OCC(CSO)CS(=O)(=O)OC)ccc1C#C2)CS(=O)(=O)OC. The lowest BCUT2D eigenvalue weighted by Gasteiger charge is -2.27. The lowest BCUT2D eigenvalue weighted by Crippen LogP contribution is -2.32. The van der Waals surface area contributed by atoms with E-state index in [9.17, 15) is 31.0 Å². The van der Waals surface area contributed by atoms with Crippen molar-refractivity contribution in [2.24, 2.45) is 17.6 Å². The minimum atomic E-state index is -3.82. The molecule has 0 aliphatic carbocycles. The van der Waals surface area contributed by atoms with Crippen LogP contribution in [0.4, 0.5) is 5.69 Å². The Morgan fingerprint density at radius 3 is 1.94 bits per heavy atom. The van der Waals surface area contributed by atoms with Gasteiger partial charge in [0.25, 0.3) is 20.2 Å². The molecule has 3 N–H and O–H groups in total. The number of carbonyl (C=O) groups is 2. The number of amides is 2. The van der Waals surface area contributed by atoms with Gasteiger partial charge in [0.15, 0.2) is 0 Å². The molecule has 2 unspecified atom stereocenters. The van der Waals surface area contributed by atoms with Gasteiger partial charge in [-0.1, -0.05) is 32.1 Å². The minimum absolute atomic E-state index is 0.0178. The molecule has 2 atom stereocenters. The van der Waals surface area contributed by atoms with Crippen molar-refractivity contribution in [2.45, 2.75) is 46.1 Å². The highest BCUT2D eigenvalue weighted by molar-refractivity contribution is 7.94. The van der Waals surface area contributed by atoms with E-state index in [0.29, 0.717) is 51.7 Å². The first-order chi connectivity index (χ1) is 24.7. The van der Waals surface area contributed by atoms with Crippen molar-refractivity contribution in [1.82, 2.24) is 0 Å². The third-order valence-corrected chi connectivity index (χ3v) is 11.4. The third-order valence-electron chi connectivity index (χ3n) is 7.20. The van der Waals surface area contributed by atoms with Crippen molar-refractivity contribution < 1.29 is 53.0 Å². The number of nitrogens with zero attached hydrogens (tertiary/aromatic N) is 1. The van der Waals surface area contributed by atoms with E-state index in [1.165, 1.54) is 18.4 Å². The summed E-state index contributed by atoms with van der Waals surface area (Å²) in [5, 5.41) is 0. The zero-order valence-corrected chi connectivity index (χ0v) is 33.3. The van der Waals surface area contributed by atoms with Gasteiger partial charge >= 0.3 is 0 Å². The van der Waals surface area contributed by atoms with Crippen LogP contribution >= 0.6 is 24.1 Å². The fraction of sp³-hybridized carbons (Fsp3) is 0.529. The van der Waals surface area contributed by atoms with E-state index in [-0.39, 0.29) is 62.2 Å². The largest absolute Gasteiger partial charge is 0.493 e. The second kappa shape index (κ2) is 22.9. The molecule has 14 nitrogen and oxygen atoms in total. The predicted molar refractivity (Wildman–Crippen MR) is 203 cm³/mol. The molecule has 0 fully saturated rings. The summed E-state index contributed by atoms with van der Waals surface area (Å²) in [6.07, 6.45) is 1.53. The second-order valence-corrected chi connectivity index (χ2v) is 16.7. The van der Waals surface area contributed by atoms with Crippen LogP contribution in [0.25, 0.3) is 0 Å². The fourth-order valence-electron chi connectivity index (χ4n) is 4.70. The Morgan fingerprint density at radius 2 is 1.40 bits per heavy atom. The highest BCUT2D eigenvalue weighted by Crippen LogP contribution is 2.32. The number of carbonyl (C=O) groups excluding carboxylic acids is 2. The maximum absolute atomic E-state index is 13.7. The molecule has 3 rings (SSSR count). The summed E-state index contributed by atoms with van der Waals surface area (Å²) in [6, 6.07) is 10.2. The first-order valence-corrected chi connectivity index (χ1v) is 21.3. The van der Waals surface area contributed by atoms with Crippen molar-refractivity contribution in [3.05, 3.63) is 53.1 Å². The Morgan fingerprint density at radius 1 is 0.865 bits per heavy atom. The Hall–Kier alpha value is -3.02. The number of fused-ring (bicyclic) bond motifs is 2. The van der Waals surface area contributed by atoms with Crippen LogP contribution in [0.1, 0.15) is 56.2 Å². The standard InChI is InChI=1S/C31H40N2O12S4.C3H8/c1-41-47-19-23(21-49(39,40)43-3)17-44-27-11-9-24-7-8-25-10-12-28(45-16-22(18-46-36)20-48(37,38)42-2)14-29(25)33(15-26(24)13-27)31(35)6-4-5-30(32)34;1-3-2/h9-14,22-23,36H,4-6,15-21H2,1-3H3,(H2,32,34);3H2,1-2H3. The molecule has 1 heterocycles. The maximum Gasteiger partial charge on any atom is 0.267 e. The predicted octanol–water partition coefficient (Wildman–Crippen LogP) is 4.45. The lowest BCUT2D eigenvalue weighted by atomic mass is 10.0. The van der Waals surface area contributed by atoms with Crippen LogP contribution in [0.3, 0.4) is 0 Å². The monoisotopic (exact) mass is 804 g/mol. The first-order valence-electron chi connectivity index (χ1n) is 16.3. The van der Waals surface area contributed by atoms with E-state index >= 15 is 0 Å². The van der Waals surface area contributed by atoms with Crippen LogP contribution in [-0.4, -0.2) is 90.8 Å². The number of nitrogens with two attached hydrogens (primary N) is 1. The van der Waals surface area contributed by atoms with Crippen molar-refractivity contribution in [3.8, 4) is 23.3 Å². The van der Waals surface area contributed by atoms with Gasteiger partial charge in [-0.2, -0.15) is 16.8 Å². The minimum Gasteiger partial charge on any atom is -0.493 e. The molecule has 1 aliphatic rings. The zero-order valence-electron chi connectivity index (χ0n) is 30.0.